The number of aryl methyl sites for hydroxylation is 1. The van der Waals surface area contributed by atoms with Crippen LogP contribution in [0.3, 0.4) is 0 Å². The van der Waals surface area contributed by atoms with E-state index in [9.17, 15) is 8.42 Å². The van der Waals surface area contributed by atoms with Gasteiger partial charge in [-0.2, -0.15) is 8.42 Å². The van der Waals surface area contributed by atoms with Gasteiger partial charge in [-0.15, -0.1) is 0 Å². The monoisotopic (exact) mass is 211 g/mol. The molecule has 0 saturated carbocycles. The molecule has 0 atom stereocenters. The van der Waals surface area contributed by atoms with Gasteiger partial charge in [0.25, 0.3) is 10.1 Å². The van der Waals surface area contributed by atoms with Gasteiger partial charge in [0.1, 0.15) is 4.90 Å². The quantitative estimate of drug-likeness (QED) is 0.318. The van der Waals surface area contributed by atoms with Gasteiger partial charge in [-0.05, 0) is 24.6 Å². The van der Waals surface area contributed by atoms with Gasteiger partial charge in [-0.1, -0.05) is 6.07 Å². The van der Waals surface area contributed by atoms with Crippen LogP contribution in [0.25, 0.3) is 0 Å². The van der Waals surface area contributed by atoms with E-state index in [0.29, 0.717) is 0 Å². The molecule has 1 aromatic carbocycles. The van der Waals surface area contributed by atoms with Crippen LogP contribution in [0.1, 0.15) is 6.99 Å². The molecule has 0 spiro atoms. The second-order valence-electron chi connectivity index (χ2n) is 2.52. The number of nitrogens with two attached hydrogens (primary N) is 1. The van der Waals surface area contributed by atoms with E-state index in [1.807, 2.05) is 0 Å². The minimum Gasteiger partial charge on any atom is -1.00 e. The predicted octanol–water partition coefficient (Wildman–Crippen LogP) is -2.06. The predicted molar refractivity (Wildman–Crippen MR) is 46.5 cm³/mol. The molecule has 0 aliphatic heterocycles. The summed E-state index contributed by atoms with van der Waals surface area (Å²) in [5.74, 6) is 0. The van der Waals surface area contributed by atoms with E-state index in [1.165, 1.54) is 12.1 Å². The Morgan fingerprint density at radius 3 is 2.38 bits per heavy atom. The zero-order chi connectivity index (χ0) is 9.35. The van der Waals surface area contributed by atoms with Gasteiger partial charge >= 0.3 is 29.6 Å². The van der Waals surface area contributed by atoms with E-state index in [2.05, 4.69) is 0 Å². The molecule has 13 heavy (non-hydrogen) atoms. The Morgan fingerprint density at radius 2 is 2.00 bits per heavy atom. The molecule has 3 N–H and O–H groups in total. The fraction of sp³-hybridized carbons (Fsp3) is 0.143. The number of rotatable bonds is 1. The van der Waals surface area contributed by atoms with Crippen molar-refractivity contribution in [1.29, 1.82) is 0 Å². The minimum absolute atomic E-state index is 0. The van der Waals surface area contributed by atoms with Crippen molar-refractivity contribution in [3.63, 3.8) is 0 Å². The molecule has 0 aliphatic carbocycles. The van der Waals surface area contributed by atoms with Gasteiger partial charge in [0, 0.05) is 0 Å². The van der Waals surface area contributed by atoms with Crippen LogP contribution in [0.15, 0.2) is 23.1 Å². The number of benzene rings is 1. The van der Waals surface area contributed by atoms with E-state index in [1.54, 1.807) is 13.0 Å². The molecule has 0 aliphatic rings. The van der Waals surface area contributed by atoms with Gasteiger partial charge in [-0.3, -0.25) is 4.55 Å². The van der Waals surface area contributed by atoms with Crippen LogP contribution in [-0.2, 0) is 10.1 Å². The maximum absolute atomic E-state index is 10.7. The summed E-state index contributed by atoms with van der Waals surface area (Å²) in [5, 5.41) is 0. The first-order chi connectivity index (χ1) is 5.41. The second-order valence-corrected chi connectivity index (χ2v) is 3.91. The summed E-state index contributed by atoms with van der Waals surface area (Å²) in [6.07, 6.45) is 0. The van der Waals surface area contributed by atoms with Gasteiger partial charge in [0.2, 0.25) is 0 Å². The third-order valence-corrected chi connectivity index (χ3v) is 2.36. The van der Waals surface area contributed by atoms with Crippen molar-refractivity contribution < 1.29 is 44.0 Å². The van der Waals surface area contributed by atoms with Gasteiger partial charge in [-0.25, -0.2) is 0 Å². The molecule has 0 aromatic heterocycles. The van der Waals surface area contributed by atoms with Gasteiger partial charge < -0.3 is 7.16 Å². The molecule has 68 valence electrons. The Kier molecular flexibility index (Phi) is 4.41. The molecule has 0 amide bonds. The Bertz CT molecular complexity index is 407. The third kappa shape index (κ3) is 3.28. The molecule has 0 fully saturated rings. The summed E-state index contributed by atoms with van der Waals surface area (Å²) in [6.45, 7) is 1.72. The van der Waals surface area contributed by atoms with Gasteiger partial charge in [0.15, 0.2) is 0 Å². The molecule has 1 aromatic rings. The topological polar surface area (TPSA) is 80.4 Å². The largest absolute Gasteiger partial charge is 1.00 e. The fourth-order valence-corrected chi connectivity index (χ4v) is 1.57. The standard InChI is InChI=1S/C7H9NO3S.Na.H/c1-5-2-3-6(8)7(4-5)12(9,10)11;;/h2-4H,8H2,1H3,(H,9,10,11);;/q;+1;-1. The fourth-order valence-electron chi connectivity index (χ4n) is 0.865. The SMILES string of the molecule is Cc1ccc(N)c(S(=O)(=O)O)c1.[H-].[Na+]. The normalized spacial score (nSPS) is 10.6. The molecule has 0 radical (unpaired) electrons. The third-order valence-electron chi connectivity index (χ3n) is 1.45. The van der Waals surface area contributed by atoms with Crippen LogP contribution in [0.4, 0.5) is 5.69 Å². The Hall–Kier alpha value is -0.0700. The Balaban J connectivity index is 0. The first-order valence-corrected chi connectivity index (χ1v) is 4.69. The Labute approximate surface area is 101 Å². The number of hydrogen-bond acceptors (Lipinski definition) is 3. The first kappa shape index (κ1) is 12.9. The van der Waals surface area contributed by atoms with Crippen LogP contribution in [0.2, 0.25) is 0 Å². The molecule has 1 rings (SSSR count). The van der Waals surface area contributed by atoms with Crippen molar-refractivity contribution in [1.82, 2.24) is 0 Å². The molecule has 0 unspecified atom stereocenters. The summed E-state index contributed by atoms with van der Waals surface area (Å²) in [7, 11) is -4.18. The summed E-state index contributed by atoms with van der Waals surface area (Å²) in [5.41, 5.74) is 6.13. The molecule has 0 heterocycles. The van der Waals surface area contributed by atoms with Crippen molar-refractivity contribution >= 4 is 15.8 Å². The molecular weight excluding hydrogens is 201 g/mol. The number of nitrogen functional groups attached to an aromatic ring is 1. The van der Waals surface area contributed by atoms with E-state index >= 15 is 0 Å². The van der Waals surface area contributed by atoms with E-state index < -0.39 is 10.1 Å². The van der Waals surface area contributed by atoms with Crippen LogP contribution >= 0.6 is 0 Å². The zero-order valence-electron chi connectivity index (χ0n) is 8.48. The number of anilines is 1. The summed E-state index contributed by atoms with van der Waals surface area (Å²) < 4.78 is 30.0. The van der Waals surface area contributed by atoms with Crippen LogP contribution in [0.5, 0.6) is 0 Å². The Morgan fingerprint density at radius 1 is 1.46 bits per heavy atom. The maximum Gasteiger partial charge on any atom is 1.00 e. The van der Waals surface area contributed by atoms with Crippen molar-refractivity contribution in [2.75, 3.05) is 5.73 Å². The summed E-state index contributed by atoms with van der Waals surface area (Å²) in [4.78, 5) is -0.234. The average Bonchev–Trinajstić information content (AvgIpc) is 1.92. The molecule has 4 nitrogen and oxygen atoms in total. The van der Waals surface area contributed by atoms with Crippen LogP contribution in [-0.4, -0.2) is 13.0 Å². The number of hydrogen-bond donors (Lipinski definition) is 2. The average molecular weight is 211 g/mol. The molecule has 0 bridgehead atoms. The molecule has 0 saturated heterocycles. The van der Waals surface area contributed by atoms with E-state index in [-0.39, 0.29) is 41.6 Å². The van der Waals surface area contributed by atoms with E-state index in [4.69, 9.17) is 10.3 Å². The van der Waals surface area contributed by atoms with Gasteiger partial charge in [0.05, 0.1) is 5.69 Å². The second kappa shape index (κ2) is 4.43. The minimum atomic E-state index is -4.18. The molecule has 6 heteroatoms. The summed E-state index contributed by atoms with van der Waals surface area (Å²) >= 11 is 0. The van der Waals surface area contributed by atoms with Crippen LogP contribution < -0.4 is 35.3 Å². The van der Waals surface area contributed by atoms with Crippen molar-refractivity contribution in [2.45, 2.75) is 11.8 Å². The van der Waals surface area contributed by atoms with Crippen molar-refractivity contribution in [3.05, 3.63) is 23.8 Å². The van der Waals surface area contributed by atoms with E-state index in [0.717, 1.165) is 5.56 Å². The van der Waals surface area contributed by atoms with Crippen molar-refractivity contribution in [3.8, 4) is 0 Å². The first-order valence-electron chi connectivity index (χ1n) is 3.25. The summed E-state index contributed by atoms with van der Waals surface area (Å²) in [6, 6.07) is 4.44. The smallest absolute Gasteiger partial charge is 1.00 e. The zero-order valence-corrected chi connectivity index (χ0v) is 10.3. The molecular formula is C7H10NNaO3S. The maximum atomic E-state index is 10.7. The van der Waals surface area contributed by atoms with Crippen molar-refractivity contribution in [2.24, 2.45) is 0 Å². The van der Waals surface area contributed by atoms with Crippen LogP contribution in [0, 0.1) is 6.92 Å².